The van der Waals surface area contributed by atoms with Crippen molar-refractivity contribution in [1.29, 1.82) is 0 Å². The molecule has 0 fully saturated rings. The Labute approximate surface area is 130 Å². The van der Waals surface area contributed by atoms with Gasteiger partial charge in [0.05, 0.1) is 0 Å². The number of nitrogens with two attached hydrogens (primary N) is 3. The van der Waals surface area contributed by atoms with Gasteiger partial charge in [-0.05, 0) is 19.3 Å². The maximum Gasteiger partial charge on any atom is 0.222 e. The lowest BCUT2D eigenvalue weighted by Gasteiger charge is -2.23. The van der Waals surface area contributed by atoms with E-state index in [1.807, 2.05) is 0 Å². The summed E-state index contributed by atoms with van der Waals surface area (Å²) in [4.78, 5) is 45.8. The molecule has 8 heteroatoms. The number of nitrogens with one attached hydrogen (secondary N) is 1. The Bertz CT molecular complexity index is 439. The van der Waals surface area contributed by atoms with Crippen LogP contribution in [0.2, 0.25) is 0 Å². The van der Waals surface area contributed by atoms with E-state index >= 15 is 0 Å². The maximum absolute atomic E-state index is 11.9. The zero-order valence-electron chi connectivity index (χ0n) is 13.3. The molecule has 0 aliphatic carbocycles. The first-order valence-corrected chi connectivity index (χ1v) is 7.19. The average Bonchev–Trinajstić information content (AvgIpc) is 2.43. The van der Waals surface area contributed by atoms with Gasteiger partial charge in [-0.25, -0.2) is 0 Å². The van der Waals surface area contributed by atoms with Crippen LogP contribution in [0.5, 0.6) is 0 Å². The van der Waals surface area contributed by atoms with E-state index in [-0.39, 0.29) is 25.2 Å². The van der Waals surface area contributed by atoms with Gasteiger partial charge in [0.1, 0.15) is 0 Å². The molecule has 0 aromatic heterocycles. The van der Waals surface area contributed by atoms with Gasteiger partial charge in [0.15, 0.2) is 0 Å². The zero-order chi connectivity index (χ0) is 17.4. The Morgan fingerprint density at radius 1 is 0.773 bits per heavy atom. The van der Waals surface area contributed by atoms with Crippen LogP contribution in [0.1, 0.15) is 33.1 Å². The van der Waals surface area contributed by atoms with E-state index < -0.39 is 41.4 Å². The van der Waals surface area contributed by atoms with Gasteiger partial charge in [0, 0.05) is 30.7 Å². The highest BCUT2D eigenvalue weighted by molar-refractivity contribution is 5.83. The van der Waals surface area contributed by atoms with Crippen molar-refractivity contribution in [2.75, 3.05) is 7.05 Å². The lowest BCUT2D eigenvalue weighted by Crippen LogP contribution is -2.36. The molecule has 4 unspecified atom stereocenters. The van der Waals surface area contributed by atoms with Crippen LogP contribution in [0.3, 0.4) is 0 Å². The molecule has 4 amide bonds. The Morgan fingerprint density at radius 3 is 1.50 bits per heavy atom. The summed E-state index contributed by atoms with van der Waals surface area (Å²) in [5, 5.41) is 2.49. The van der Waals surface area contributed by atoms with E-state index in [1.165, 1.54) is 7.05 Å². The Hall–Kier alpha value is -2.12. The molecular weight excluding hydrogens is 288 g/mol. The molecular formula is C14H26N4O4. The van der Waals surface area contributed by atoms with Gasteiger partial charge in [-0.3, -0.25) is 19.2 Å². The van der Waals surface area contributed by atoms with Crippen LogP contribution >= 0.6 is 0 Å². The molecule has 7 N–H and O–H groups in total. The Kier molecular flexibility index (Phi) is 8.14. The minimum Gasteiger partial charge on any atom is -0.369 e. The highest BCUT2D eigenvalue weighted by atomic mass is 16.2. The van der Waals surface area contributed by atoms with Gasteiger partial charge >= 0.3 is 0 Å². The summed E-state index contributed by atoms with van der Waals surface area (Å²) >= 11 is 0. The molecule has 0 bridgehead atoms. The van der Waals surface area contributed by atoms with Gasteiger partial charge < -0.3 is 22.5 Å². The van der Waals surface area contributed by atoms with Crippen LogP contribution in [0.25, 0.3) is 0 Å². The van der Waals surface area contributed by atoms with Crippen molar-refractivity contribution in [2.24, 2.45) is 40.9 Å². The van der Waals surface area contributed by atoms with Crippen molar-refractivity contribution in [3.05, 3.63) is 0 Å². The van der Waals surface area contributed by atoms with E-state index in [0.717, 1.165) is 0 Å². The van der Waals surface area contributed by atoms with Crippen molar-refractivity contribution in [1.82, 2.24) is 5.32 Å². The van der Waals surface area contributed by atoms with Crippen LogP contribution in [-0.2, 0) is 19.2 Å². The van der Waals surface area contributed by atoms with Gasteiger partial charge in [-0.1, -0.05) is 13.8 Å². The van der Waals surface area contributed by atoms with Crippen molar-refractivity contribution in [3.63, 3.8) is 0 Å². The molecule has 0 aliphatic heterocycles. The maximum atomic E-state index is 11.9. The first kappa shape index (κ1) is 19.9. The predicted molar refractivity (Wildman–Crippen MR) is 80.8 cm³/mol. The van der Waals surface area contributed by atoms with Crippen molar-refractivity contribution in [2.45, 2.75) is 33.1 Å². The fraction of sp³-hybridized carbons (Fsp3) is 0.714. The van der Waals surface area contributed by atoms with Crippen LogP contribution in [0, 0.1) is 23.7 Å². The summed E-state index contributed by atoms with van der Waals surface area (Å²) in [6.45, 7) is 3.21. The van der Waals surface area contributed by atoms with Gasteiger partial charge in [-0.15, -0.1) is 0 Å². The summed E-state index contributed by atoms with van der Waals surface area (Å²) in [5.41, 5.74) is 15.8. The number of amides is 4. The highest BCUT2D eigenvalue weighted by Crippen LogP contribution is 2.25. The normalized spacial score (nSPS) is 16.1. The largest absolute Gasteiger partial charge is 0.369 e. The molecule has 0 radical (unpaired) electrons. The lowest BCUT2D eigenvalue weighted by atomic mass is 9.82. The molecule has 126 valence electrons. The third kappa shape index (κ3) is 6.55. The third-order valence-electron chi connectivity index (χ3n) is 3.84. The van der Waals surface area contributed by atoms with Crippen molar-refractivity contribution >= 4 is 23.6 Å². The molecule has 8 nitrogen and oxygen atoms in total. The Balaban J connectivity index is 5.04. The summed E-state index contributed by atoms with van der Waals surface area (Å²) in [6.07, 6.45) is 0.525. The van der Waals surface area contributed by atoms with Crippen LogP contribution in [0.15, 0.2) is 0 Å². The van der Waals surface area contributed by atoms with E-state index in [4.69, 9.17) is 17.2 Å². The number of hydrogen-bond acceptors (Lipinski definition) is 4. The predicted octanol–water partition coefficient (Wildman–Crippen LogP) is -1.14. The average molecular weight is 314 g/mol. The second kappa shape index (κ2) is 9.01. The molecule has 0 aromatic rings. The molecule has 0 aromatic carbocycles. The molecule has 0 aliphatic rings. The SMILES string of the molecule is CNC(=O)C(CC(C)C(N)=O)CC(CC(C)C(N)=O)C(N)=O. The minimum atomic E-state index is -0.676. The molecule has 22 heavy (non-hydrogen) atoms. The van der Waals surface area contributed by atoms with E-state index in [9.17, 15) is 19.2 Å². The van der Waals surface area contributed by atoms with Crippen molar-refractivity contribution in [3.8, 4) is 0 Å². The molecule has 0 saturated carbocycles. The summed E-state index contributed by atoms with van der Waals surface area (Å²) in [6, 6.07) is 0. The zero-order valence-corrected chi connectivity index (χ0v) is 13.3. The molecule has 0 saturated heterocycles. The van der Waals surface area contributed by atoms with Crippen LogP contribution in [0.4, 0.5) is 0 Å². The monoisotopic (exact) mass is 314 g/mol. The number of rotatable bonds is 10. The standard InChI is InChI=1S/C14H26N4O4/c1-7(11(15)19)4-9(13(17)21)6-10(14(22)18-3)5-8(2)12(16)20/h7-10H,4-6H2,1-3H3,(H2,15,19)(H2,16,20)(H2,17,21)(H,18,22). The van der Waals surface area contributed by atoms with Gasteiger partial charge in [0.25, 0.3) is 0 Å². The first-order chi connectivity index (χ1) is 10.1. The number of primary amides is 3. The van der Waals surface area contributed by atoms with Gasteiger partial charge in [-0.2, -0.15) is 0 Å². The fourth-order valence-electron chi connectivity index (χ4n) is 2.27. The number of hydrogen-bond donors (Lipinski definition) is 4. The molecule has 4 atom stereocenters. The molecule has 0 heterocycles. The summed E-state index contributed by atoms with van der Waals surface area (Å²) in [7, 11) is 1.47. The second-order valence-electron chi connectivity index (χ2n) is 5.72. The topological polar surface area (TPSA) is 158 Å². The number of carbonyl (C=O) groups excluding carboxylic acids is 4. The van der Waals surface area contributed by atoms with Crippen molar-refractivity contribution < 1.29 is 19.2 Å². The van der Waals surface area contributed by atoms with E-state index in [0.29, 0.717) is 0 Å². The van der Waals surface area contributed by atoms with E-state index in [2.05, 4.69) is 5.32 Å². The smallest absolute Gasteiger partial charge is 0.222 e. The minimum absolute atomic E-state index is 0.143. The molecule has 0 spiro atoms. The molecule has 0 rings (SSSR count). The fourth-order valence-corrected chi connectivity index (χ4v) is 2.27. The van der Waals surface area contributed by atoms with Crippen LogP contribution in [-0.4, -0.2) is 30.7 Å². The van der Waals surface area contributed by atoms with Gasteiger partial charge in [0.2, 0.25) is 23.6 Å². The third-order valence-corrected chi connectivity index (χ3v) is 3.84. The lowest BCUT2D eigenvalue weighted by molar-refractivity contribution is -0.128. The second-order valence-corrected chi connectivity index (χ2v) is 5.72. The first-order valence-electron chi connectivity index (χ1n) is 7.19. The quantitative estimate of drug-likeness (QED) is 0.401. The highest BCUT2D eigenvalue weighted by Gasteiger charge is 2.30. The number of carbonyl (C=O) groups is 4. The summed E-state index contributed by atoms with van der Waals surface area (Å²) < 4.78 is 0. The van der Waals surface area contributed by atoms with E-state index in [1.54, 1.807) is 13.8 Å². The van der Waals surface area contributed by atoms with Crippen LogP contribution < -0.4 is 22.5 Å². The Morgan fingerprint density at radius 2 is 1.18 bits per heavy atom. The summed E-state index contributed by atoms with van der Waals surface area (Å²) in [5.74, 6) is -4.26.